The van der Waals surface area contributed by atoms with Gasteiger partial charge in [0.25, 0.3) is 5.78 Å². The fourth-order valence-corrected chi connectivity index (χ4v) is 2.80. The van der Waals surface area contributed by atoms with Gasteiger partial charge in [-0.3, -0.25) is 0 Å². The Labute approximate surface area is 117 Å². The van der Waals surface area contributed by atoms with Crippen molar-refractivity contribution in [3.8, 4) is 0 Å². The van der Waals surface area contributed by atoms with Gasteiger partial charge in [0.2, 0.25) is 0 Å². The summed E-state index contributed by atoms with van der Waals surface area (Å²) in [4.78, 5) is 10.6. The molecule has 0 aliphatic carbocycles. The molecule has 5 nitrogen and oxygen atoms in total. The first-order chi connectivity index (χ1) is 9.11. The zero-order chi connectivity index (χ0) is 13.5. The van der Waals surface area contributed by atoms with E-state index in [0.717, 1.165) is 18.9 Å². The number of anilines is 1. The van der Waals surface area contributed by atoms with Crippen LogP contribution >= 0.6 is 11.6 Å². The lowest BCUT2D eigenvalue weighted by Gasteiger charge is -2.39. The Balaban J connectivity index is 1.91. The molecule has 102 valence electrons. The summed E-state index contributed by atoms with van der Waals surface area (Å²) >= 11 is 6.06. The Bertz CT molecular complexity index is 586. The molecule has 0 atom stereocenters. The van der Waals surface area contributed by atoms with Crippen LogP contribution in [0.15, 0.2) is 12.4 Å². The molecule has 0 aromatic carbocycles. The second-order valence-electron chi connectivity index (χ2n) is 5.56. The third kappa shape index (κ3) is 2.27. The topological polar surface area (TPSA) is 46.3 Å². The molecule has 3 rings (SSSR count). The van der Waals surface area contributed by atoms with Crippen LogP contribution in [-0.2, 0) is 0 Å². The molecular formula is C13H18ClN5. The molecule has 1 saturated heterocycles. The first kappa shape index (κ1) is 12.7. The quantitative estimate of drug-likeness (QED) is 0.793. The maximum absolute atomic E-state index is 6.06. The van der Waals surface area contributed by atoms with Gasteiger partial charge in [0.15, 0.2) is 0 Å². The summed E-state index contributed by atoms with van der Waals surface area (Å²) in [5.74, 6) is 1.55. The summed E-state index contributed by atoms with van der Waals surface area (Å²) in [5, 5.41) is 4.71. The number of fused-ring (bicyclic) bond motifs is 1. The molecule has 0 bridgehead atoms. The van der Waals surface area contributed by atoms with E-state index >= 15 is 0 Å². The summed E-state index contributed by atoms with van der Waals surface area (Å²) in [6.45, 7) is 6.70. The lowest BCUT2D eigenvalue weighted by atomic mass is 9.78. The third-order valence-electron chi connectivity index (χ3n) is 4.35. The van der Waals surface area contributed by atoms with Crippen LogP contribution in [0.4, 0.5) is 5.82 Å². The number of halogens is 1. The molecule has 3 heterocycles. The Morgan fingerprint density at radius 2 is 2.11 bits per heavy atom. The lowest BCUT2D eigenvalue weighted by molar-refractivity contribution is 0.237. The van der Waals surface area contributed by atoms with Gasteiger partial charge in [0.1, 0.15) is 17.3 Å². The number of piperidine rings is 1. The van der Waals surface area contributed by atoms with E-state index in [-0.39, 0.29) is 0 Å². The van der Waals surface area contributed by atoms with Gasteiger partial charge in [-0.05, 0) is 18.3 Å². The summed E-state index contributed by atoms with van der Waals surface area (Å²) in [6.07, 6.45) is 5.14. The van der Waals surface area contributed by atoms with Crippen molar-refractivity contribution < 1.29 is 0 Å². The minimum absolute atomic E-state index is 0.467. The fourth-order valence-electron chi connectivity index (χ4n) is 2.62. The normalized spacial score (nSPS) is 19.0. The van der Waals surface area contributed by atoms with E-state index in [9.17, 15) is 0 Å². The van der Waals surface area contributed by atoms with Gasteiger partial charge in [-0.25, -0.2) is 0 Å². The van der Waals surface area contributed by atoms with Crippen molar-refractivity contribution in [1.82, 2.24) is 19.6 Å². The molecule has 6 heteroatoms. The minimum atomic E-state index is 0.467. The molecule has 2 aromatic rings. The number of aromatic nitrogens is 4. The summed E-state index contributed by atoms with van der Waals surface area (Å²) in [6, 6.07) is 1.87. The molecule has 0 unspecified atom stereocenters. The lowest BCUT2D eigenvalue weighted by Crippen LogP contribution is -2.39. The molecule has 0 spiro atoms. The molecule has 0 amide bonds. The van der Waals surface area contributed by atoms with Crippen molar-refractivity contribution in [2.45, 2.75) is 33.1 Å². The van der Waals surface area contributed by atoms with E-state index in [2.05, 4.69) is 33.8 Å². The van der Waals surface area contributed by atoms with Crippen molar-refractivity contribution in [3.63, 3.8) is 0 Å². The fraction of sp³-hybridized carbons (Fsp3) is 0.615. The molecule has 1 fully saturated rings. The van der Waals surface area contributed by atoms with Gasteiger partial charge < -0.3 is 4.90 Å². The minimum Gasteiger partial charge on any atom is -0.356 e. The van der Waals surface area contributed by atoms with Gasteiger partial charge in [-0.2, -0.15) is 19.6 Å². The smallest absolute Gasteiger partial charge is 0.255 e. The van der Waals surface area contributed by atoms with E-state index in [4.69, 9.17) is 11.6 Å². The molecule has 1 aliphatic rings. The molecule has 0 N–H and O–H groups in total. The highest BCUT2D eigenvalue weighted by Crippen LogP contribution is 2.35. The molecular weight excluding hydrogens is 262 g/mol. The first-order valence-electron chi connectivity index (χ1n) is 6.72. The second kappa shape index (κ2) is 4.63. The predicted octanol–water partition coefficient (Wildman–Crippen LogP) is 2.79. The summed E-state index contributed by atoms with van der Waals surface area (Å²) in [7, 11) is 0. The average molecular weight is 280 g/mol. The van der Waals surface area contributed by atoms with Crippen LogP contribution in [0.25, 0.3) is 5.78 Å². The molecule has 19 heavy (non-hydrogen) atoms. The Morgan fingerprint density at radius 3 is 2.79 bits per heavy atom. The maximum atomic E-state index is 6.06. The highest BCUT2D eigenvalue weighted by Gasteiger charge is 2.29. The first-order valence-corrected chi connectivity index (χ1v) is 7.10. The number of hydrogen-bond acceptors (Lipinski definition) is 4. The predicted molar refractivity (Wildman–Crippen MR) is 75.6 cm³/mol. The van der Waals surface area contributed by atoms with Crippen molar-refractivity contribution >= 4 is 23.2 Å². The van der Waals surface area contributed by atoms with Crippen molar-refractivity contribution in [2.24, 2.45) is 5.41 Å². The van der Waals surface area contributed by atoms with Crippen LogP contribution in [0.3, 0.4) is 0 Å². The summed E-state index contributed by atoms with van der Waals surface area (Å²) < 4.78 is 1.76. The van der Waals surface area contributed by atoms with Gasteiger partial charge >= 0.3 is 0 Å². The van der Waals surface area contributed by atoms with Crippen molar-refractivity contribution in [2.75, 3.05) is 18.0 Å². The Morgan fingerprint density at radius 1 is 1.37 bits per heavy atom. The van der Waals surface area contributed by atoms with E-state index in [1.807, 2.05) is 6.07 Å². The van der Waals surface area contributed by atoms with Crippen LogP contribution in [0.2, 0.25) is 5.15 Å². The Kier molecular flexibility index (Phi) is 3.09. The zero-order valence-corrected chi connectivity index (χ0v) is 12.1. The van der Waals surface area contributed by atoms with Crippen LogP contribution in [0.5, 0.6) is 0 Å². The van der Waals surface area contributed by atoms with Crippen molar-refractivity contribution in [1.29, 1.82) is 0 Å². The zero-order valence-electron chi connectivity index (χ0n) is 11.3. The van der Waals surface area contributed by atoms with Crippen LogP contribution in [-0.4, -0.2) is 32.7 Å². The number of nitrogens with zero attached hydrogens (tertiary/aromatic N) is 5. The van der Waals surface area contributed by atoms with E-state index in [1.165, 1.54) is 25.6 Å². The van der Waals surface area contributed by atoms with Crippen LogP contribution in [0, 0.1) is 5.41 Å². The van der Waals surface area contributed by atoms with Gasteiger partial charge in [0.05, 0.1) is 0 Å². The summed E-state index contributed by atoms with van der Waals surface area (Å²) in [5.41, 5.74) is 0.467. The van der Waals surface area contributed by atoms with Crippen molar-refractivity contribution in [3.05, 3.63) is 17.5 Å². The highest BCUT2D eigenvalue weighted by molar-refractivity contribution is 6.29. The maximum Gasteiger partial charge on any atom is 0.255 e. The second-order valence-corrected chi connectivity index (χ2v) is 5.95. The van der Waals surface area contributed by atoms with Gasteiger partial charge in [0, 0.05) is 19.2 Å². The molecule has 0 radical (unpaired) electrons. The highest BCUT2D eigenvalue weighted by atomic mass is 35.5. The average Bonchev–Trinajstić information content (AvgIpc) is 2.87. The van der Waals surface area contributed by atoms with Crippen LogP contribution < -0.4 is 4.90 Å². The van der Waals surface area contributed by atoms with Crippen LogP contribution in [0.1, 0.15) is 33.1 Å². The van der Waals surface area contributed by atoms with E-state index < -0.39 is 0 Å². The van der Waals surface area contributed by atoms with Gasteiger partial charge in [-0.15, -0.1) is 0 Å². The molecule has 1 aliphatic heterocycles. The van der Waals surface area contributed by atoms with Gasteiger partial charge in [-0.1, -0.05) is 31.9 Å². The monoisotopic (exact) mass is 279 g/mol. The number of hydrogen-bond donors (Lipinski definition) is 0. The SMILES string of the molecule is CCC1(C)CCN(c2cc(Cl)nc3ncnn23)CC1. The standard InChI is InChI=1S/C13H18ClN5/c1-3-13(2)4-6-18(7-5-13)11-8-10(14)17-12-15-9-16-19(11)12/h8-9H,3-7H2,1-2H3. The molecule has 0 saturated carbocycles. The number of rotatable bonds is 2. The largest absolute Gasteiger partial charge is 0.356 e. The third-order valence-corrected chi connectivity index (χ3v) is 4.54. The van der Waals surface area contributed by atoms with E-state index in [0.29, 0.717) is 16.3 Å². The molecule has 2 aromatic heterocycles. The van der Waals surface area contributed by atoms with E-state index in [1.54, 1.807) is 4.52 Å². The Hall–Kier alpha value is -1.36.